The second kappa shape index (κ2) is 7.78. The predicted octanol–water partition coefficient (Wildman–Crippen LogP) is 1.93. The number of nitrogens with zero attached hydrogens (tertiary/aromatic N) is 4. The van der Waals surface area contributed by atoms with Gasteiger partial charge in [0.2, 0.25) is 5.89 Å². The Labute approximate surface area is 140 Å². The molecule has 0 atom stereocenters. The zero-order valence-corrected chi connectivity index (χ0v) is 13.7. The lowest BCUT2D eigenvalue weighted by molar-refractivity contribution is 0.240. The Hall–Kier alpha value is -1.34. The van der Waals surface area contributed by atoms with Gasteiger partial charge < -0.3 is 15.2 Å². The van der Waals surface area contributed by atoms with Crippen molar-refractivity contribution in [2.75, 3.05) is 31.1 Å². The first-order valence-corrected chi connectivity index (χ1v) is 7.37. The summed E-state index contributed by atoms with van der Waals surface area (Å²) in [7, 11) is 0. The maximum atomic E-state index is 6.04. The lowest BCUT2D eigenvalue weighted by Gasteiger charge is -2.35. The van der Waals surface area contributed by atoms with Crippen molar-refractivity contribution in [1.29, 1.82) is 0 Å². The number of hydrogen-bond acceptors (Lipinski definition) is 6. The maximum absolute atomic E-state index is 6.04. The molecule has 0 amide bonds. The van der Waals surface area contributed by atoms with Crippen LogP contribution in [0.5, 0.6) is 0 Å². The molecule has 6 nitrogen and oxygen atoms in total. The van der Waals surface area contributed by atoms with Gasteiger partial charge in [-0.05, 0) is 18.2 Å². The summed E-state index contributed by atoms with van der Waals surface area (Å²) in [5, 5.41) is 4.71. The van der Waals surface area contributed by atoms with Crippen LogP contribution >= 0.6 is 24.0 Å². The van der Waals surface area contributed by atoms with Crippen molar-refractivity contribution in [3.05, 3.63) is 41.0 Å². The Morgan fingerprint density at radius 2 is 2.00 bits per heavy atom. The van der Waals surface area contributed by atoms with Gasteiger partial charge in [0.15, 0.2) is 5.82 Å². The van der Waals surface area contributed by atoms with E-state index in [1.54, 1.807) is 0 Å². The van der Waals surface area contributed by atoms with Crippen LogP contribution in [0.1, 0.15) is 11.7 Å². The average molecular weight is 344 g/mol. The standard InChI is InChI=1S/C14H18ClN5O.ClH/c15-11-2-1-3-12(8-11)20-6-4-19(5-7-20)10-13-17-14(9-16)21-18-13;/h1-3,8H,4-7,9-10,16H2;1H. The average Bonchev–Trinajstić information content (AvgIpc) is 2.96. The van der Waals surface area contributed by atoms with E-state index in [1.165, 1.54) is 5.69 Å². The second-order valence-corrected chi connectivity index (χ2v) is 5.49. The number of aromatic nitrogens is 2. The van der Waals surface area contributed by atoms with Crippen LogP contribution < -0.4 is 10.6 Å². The van der Waals surface area contributed by atoms with E-state index in [2.05, 4.69) is 26.0 Å². The summed E-state index contributed by atoms with van der Waals surface area (Å²) in [5.41, 5.74) is 6.64. The molecule has 1 aliphatic heterocycles. The number of piperazine rings is 1. The third-order valence-electron chi connectivity index (χ3n) is 3.60. The van der Waals surface area contributed by atoms with Crippen molar-refractivity contribution < 1.29 is 4.52 Å². The van der Waals surface area contributed by atoms with Crippen molar-refractivity contribution >= 4 is 29.7 Å². The molecule has 3 rings (SSSR count). The van der Waals surface area contributed by atoms with Crippen LogP contribution in [0.4, 0.5) is 5.69 Å². The van der Waals surface area contributed by atoms with E-state index in [0.29, 0.717) is 18.3 Å². The summed E-state index contributed by atoms with van der Waals surface area (Å²) >= 11 is 6.04. The van der Waals surface area contributed by atoms with Gasteiger partial charge in [0.25, 0.3) is 0 Å². The molecule has 1 saturated heterocycles. The molecule has 1 aromatic heterocycles. The first-order chi connectivity index (χ1) is 10.2. The quantitative estimate of drug-likeness (QED) is 0.914. The Bertz CT molecular complexity index is 598. The topological polar surface area (TPSA) is 71.4 Å². The van der Waals surface area contributed by atoms with Crippen LogP contribution in [-0.4, -0.2) is 41.2 Å². The van der Waals surface area contributed by atoms with Gasteiger partial charge >= 0.3 is 0 Å². The van der Waals surface area contributed by atoms with E-state index in [-0.39, 0.29) is 19.0 Å². The Morgan fingerprint density at radius 1 is 1.23 bits per heavy atom. The maximum Gasteiger partial charge on any atom is 0.240 e. The monoisotopic (exact) mass is 343 g/mol. The summed E-state index contributed by atoms with van der Waals surface area (Å²) < 4.78 is 5.02. The van der Waals surface area contributed by atoms with Gasteiger partial charge in [0.05, 0.1) is 13.1 Å². The van der Waals surface area contributed by atoms with Gasteiger partial charge in [-0.3, -0.25) is 4.90 Å². The highest BCUT2D eigenvalue weighted by molar-refractivity contribution is 6.30. The third-order valence-corrected chi connectivity index (χ3v) is 3.83. The van der Waals surface area contributed by atoms with E-state index in [1.807, 2.05) is 18.2 Å². The van der Waals surface area contributed by atoms with E-state index < -0.39 is 0 Å². The van der Waals surface area contributed by atoms with Gasteiger partial charge in [-0.15, -0.1) is 12.4 Å². The molecule has 0 unspecified atom stereocenters. The van der Waals surface area contributed by atoms with Crippen LogP contribution in [0.15, 0.2) is 28.8 Å². The molecule has 1 fully saturated rings. The number of rotatable bonds is 4. The van der Waals surface area contributed by atoms with Crippen LogP contribution in [0, 0.1) is 0 Å². The SMILES string of the molecule is Cl.NCc1nc(CN2CCN(c3cccc(Cl)c3)CC2)no1. The summed E-state index contributed by atoms with van der Waals surface area (Å²) in [6, 6.07) is 7.97. The van der Waals surface area contributed by atoms with Crippen molar-refractivity contribution in [2.45, 2.75) is 13.1 Å². The minimum Gasteiger partial charge on any atom is -0.369 e. The molecule has 0 saturated carbocycles. The van der Waals surface area contributed by atoms with Crippen LogP contribution in [0.3, 0.4) is 0 Å². The van der Waals surface area contributed by atoms with Gasteiger partial charge in [-0.25, -0.2) is 0 Å². The van der Waals surface area contributed by atoms with Crippen molar-refractivity contribution in [3.63, 3.8) is 0 Å². The highest BCUT2D eigenvalue weighted by Gasteiger charge is 2.19. The lowest BCUT2D eigenvalue weighted by atomic mass is 10.2. The molecule has 2 N–H and O–H groups in total. The number of nitrogens with two attached hydrogens (primary N) is 1. The largest absolute Gasteiger partial charge is 0.369 e. The van der Waals surface area contributed by atoms with Crippen LogP contribution in [0.25, 0.3) is 0 Å². The molecule has 1 aromatic carbocycles. The predicted molar refractivity (Wildman–Crippen MR) is 88.4 cm³/mol. The molecule has 0 aliphatic carbocycles. The second-order valence-electron chi connectivity index (χ2n) is 5.05. The fourth-order valence-corrected chi connectivity index (χ4v) is 2.66. The molecule has 8 heteroatoms. The van der Waals surface area contributed by atoms with E-state index in [9.17, 15) is 0 Å². The fourth-order valence-electron chi connectivity index (χ4n) is 2.47. The molecule has 22 heavy (non-hydrogen) atoms. The lowest BCUT2D eigenvalue weighted by Crippen LogP contribution is -2.46. The van der Waals surface area contributed by atoms with Gasteiger partial charge in [0.1, 0.15) is 0 Å². The zero-order chi connectivity index (χ0) is 14.7. The molecule has 0 spiro atoms. The zero-order valence-electron chi connectivity index (χ0n) is 12.1. The Kier molecular flexibility index (Phi) is 6.02. The Morgan fingerprint density at radius 3 is 2.64 bits per heavy atom. The Balaban J connectivity index is 0.00000176. The first-order valence-electron chi connectivity index (χ1n) is 6.99. The molecule has 120 valence electrons. The summed E-state index contributed by atoms with van der Waals surface area (Å²) in [6.07, 6.45) is 0. The van der Waals surface area contributed by atoms with Crippen molar-refractivity contribution in [1.82, 2.24) is 15.0 Å². The summed E-state index contributed by atoms with van der Waals surface area (Å²) in [4.78, 5) is 8.89. The molecule has 1 aliphatic rings. The number of anilines is 1. The number of hydrogen-bond donors (Lipinski definition) is 1. The van der Waals surface area contributed by atoms with E-state index in [4.69, 9.17) is 21.9 Å². The molecule has 2 heterocycles. The van der Waals surface area contributed by atoms with Gasteiger partial charge in [-0.1, -0.05) is 22.8 Å². The fraction of sp³-hybridized carbons (Fsp3) is 0.429. The minimum absolute atomic E-state index is 0. The molecule has 2 aromatic rings. The number of halogens is 2. The first kappa shape index (κ1) is 17.0. The van der Waals surface area contributed by atoms with E-state index in [0.717, 1.165) is 31.2 Å². The van der Waals surface area contributed by atoms with Crippen molar-refractivity contribution in [2.24, 2.45) is 5.73 Å². The third kappa shape index (κ3) is 4.10. The van der Waals surface area contributed by atoms with Crippen LogP contribution in [-0.2, 0) is 13.1 Å². The molecular formula is C14H19Cl2N5O. The minimum atomic E-state index is 0. The molecule has 0 bridgehead atoms. The highest BCUT2D eigenvalue weighted by Crippen LogP contribution is 2.21. The molecule has 0 radical (unpaired) electrons. The van der Waals surface area contributed by atoms with Gasteiger partial charge in [-0.2, -0.15) is 4.98 Å². The summed E-state index contributed by atoms with van der Waals surface area (Å²) in [6.45, 7) is 4.82. The van der Waals surface area contributed by atoms with Gasteiger partial charge in [0, 0.05) is 36.9 Å². The normalized spacial score (nSPS) is 15.6. The molecular weight excluding hydrogens is 325 g/mol. The summed E-state index contributed by atoms with van der Waals surface area (Å²) in [5.74, 6) is 1.19. The van der Waals surface area contributed by atoms with Crippen molar-refractivity contribution in [3.8, 4) is 0 Å². The van der Waals surface area contributed by atoms with E-state index >= 15 is 0 Å². The highest BCUT2D eigenvalue weighted by atomic mass is 35.5. The van der Waals surface area contributed by atoms with Crippen LogP contribution in [0.2, 0.25) is 5.02 Å². The smallest absolute Gasteiger partial charge is 0.240 e. The number of benzene rings is 1.